The third-order valence-electron chi connectivity index (χ3n) is 5.08. The van der Waals surface area contributed by atoms with Gasteiger partial charge in [-0.05, 0) is 43.6 Å². The maximum atomic E-state index is 13.1. The molecule has 10 heteroatoms. The van der Waals surface area contributed by atoms with Crippen molar-refractivity contribution in [1.82, 2.24) is 25.2 Å². The highest BCUT2D eigenvalue weighted by atomic mass is 35.5. The van der Waals surface area contributed by atoms with Gasteiger partial charge in [0.15, 0.2) is 17.2 Å². The molecule has 0 radical (unpaired) electrons. The lowest BCUT2D eigenvalue weighted by atomic mass is 10.1. The number of benzene rings is 1. The van der Waals surface area contributed by atoms with E-state index in [2.05, 4.69) is 15.6 Å². The highest BCUT2D eigenvalue weighted by Gasteiger charge is 2.23. The Morgan fingerprint density at radius 3 is 2.90 bits per heavy atom. The number of methoxy groups -OCH3 is 1. The zero-order valence-corrected chi connectivity index (χ0v) is 17.2. The lowest BCUT2D eigenvalue weighted by Crippen LogP contribution is -2.33. The summed E-state index contributed by atoms with van der Waals surface area (Å²) in [5.41, 5.74) is 1.31. The number of hydrogen-bond donors (Lipinski definition) is 1. The molecule has 1 N–H and O–H groups in total. The molecule has 1 amide bonds. The van der Waals surface area contributed by atoms with E-state index >= 15 is 0 Å². The van der Waals surface area contributed by atoms with Crippen LogP contribution in [0.1, 0.15) is 34.9 Å². The van der Waals surface area contributed by atoms with Gasteiger partial charge in [0.1, 0.15) is 0 Å². The largest absolute Gasteiger partial charge is 0.454 e. The van der Waals surface area contributed by atoms with Gasteiger partial charge in [-0.15, -0.1) is 17.5 Å². The Hall–Kier alpha value is -2.36. The van der Waals surface area contributed by atoms with E-state index in [1.54, 1.807) is 18.2 Å². The SMILES string of the molecule is COCCN(Cc1ccc2c(c1)OCO2)C(=O)c1cn(C2CCNCC2)nn1.Cl. The maximum absolute atomic E-state index is 13.1. The molecule has 2 aliphatic heterocycles. The van der Waals surface area contributed by atoms with Crippen LogP contribution < -0.4 is 14.8 Å². The number of hydrogen-bond acceptors (Lipinski definition) is 7. The van der Waals surface area contributed by atoms with Gasteiger partial charge in [-0.2, -0.15) is 0 Å². The normalized spacial score (nSPS) is 15.8. The highest BCUT2D eigenvalue weighted by Crippen LogP contribution is 2.32. The summed E-state index contributed by atoms with van der Waals surface area (Å²) in [7, 11) is 1.62. The van der Waals surface area contributed by atoms with Crippen molar-refractivity contribution in [2.24, 2.45) is 0 Å². The van der Waals surface area contributed by atoms with Crippen molar-refractivity contribution in [2.75, 3.05) is 40.1 Å². The van der Waals surface area contributed by atoms with Crippen LogP contribution in [0.25, 0.3) is 0 Å². The molecule has 0 unspecified atom stereocenters. The summed E-state index contributed by atoms with van der Waals surface area (Å²) in [6.07, 6.45) is 3.74. The quantitative estimate of drug-likeness (QED) is 0.723. The molecule has 9 nitrogen and oxygen atoms in total. The van der Waals surface area contributed by atoms with Crippen molar-refractivity contribution in [1.29, 1.82) is 0 Å². The topological polar surface area (TPSA) is 90.7 Å². The molecule has 1 fully saturated rings. The number of amides is 1. The fraction of sp³-hybridized carbons (Fsp3) is 0.526. The summed E-state index contributed by atoms with van der Waals surface area (Å²) in [5.74, 6) is 1.27. The Bertz CT molecular complexity index is 825. The lowest BCUT2D eigenvalue weighted by molar-refractivity contribution is 0.0674. The van der Waals surface area contributed by atoms with Crippen LogP contribution in [-0.4, -0.2) is 65.9 Å². The third kappa shape index (κ3) is 4.98. The van der Waals surface area contributed by atoms with Gasteiger partial charge < -0.3 is 24.4 Å². The average molecular weight is 424 g/mol. The van der Waals surface area contributed by atoms with E-state index in [1.807, 2.05) is 22.9 Å². The molecule has 4 rings (SSSR count). The van der Waals surface area contributed by atoms with Gasteiger partial charge in [0, 0.05) is 20.2 Å². The van der Waals surface area contributed by atoms with Crippen molar-refractivity contribution < 1.29 is 19.0 Å². The van der Waals surface area contributed by atoms with Crippen LogP contribution in [0.4, 0.5) is 0 Å². The van der Waals surface area contributed by atoms with Gasteiger partial charge in [-0.1, -0.05) is 11.3 Å². The molecule has 158 valence electrons. The standard InChI is InChI=1S/C19H25N5O4.ClH/c1-26-9-8-23(11-14-2-3-17-18(10-14)28-13-27-17)19(25)16-12-24(22-21-16)15-4-6-20-7-5-15;/h2-3,10,12,15,20H,4-9,11,13H2,1H3;1H. The Morgan fingerprint density at radius 1 is 1.31 bits per heavy atom. The Labute approximate surface area is 175 Å². The fourth-order valence-corrected chi connectivity index (χ4v) is 3.50. The number of halogens is 1. The summed E-state index contributed by atoms with van der Waals surface area (Å²) in [6, 6.07) is 5.99. The molecule has 3 heterocycles. The van der Waals surface area contributed by atoms with E-state index in [1.165, 1.54) is 0 Å². The Morgan fingerprint density at radius 2 is 2.10 bits per heavy atom. The molecule has 0 atom stereocenters. The first-order valence-corrected chi connectivity index (χ1v) is 9.54. The molecular weight excluding hydrogens is 398 g/mol. The van der Waals surface area contributed by atoms with Crippen molar-refractivity contribution in [3.63, 3.8) is 0 Å². The summed E-state index contributed by atoms with van der Waals surface area (Å²) >= 11 is 0. The molecule has 0 aliphatic carbocycles. The van der Waals surface area contributed by atoms with E-state index in [0.29, 0.717) is 31.1 Å². The number of fused-ring (bicyclic) bond motifs is 1. The molecule has 1 aromatic carbocycles. The van der Waals surface area contributed by atoms with Gasteiger partial charge in [0.2, 0.25) is 6.79 Å². The summed E-state index contributed by atoms with van der Waals surface area (Å²) < 4.78 is 17.8. The molecule has 1 saturated heterocycles. The first-order chi connectivity index (χ1) is 13.7. The molecule has 1 aromatic heterocycles. The number of aromatic nitrogens is 3. The minimum absolute atomic E-state index is 0. The van der Waals surface area contributed by atoms with E-state index in [4.69, 9.17) is 14.2 Å². The van der Waals surface area contributed by atoms with Gasteiger partial charge in [-0.3, -0.25) is 4.79 Å². The maximum Gasteiger partial charge on any atom is 0.276 e. The molecular formula is C19H26ClN5O4. The van der Waals surface area contributed by atoms with Crippen molar-refractivity contribution in [3.05, 3.63) is 35.7 Å². The number of nitrogens with zero attached hydrogens (tertiary/aromatic N) is 4. The lowest BCUT2D eigenvalue weighted by Gasteiger charge is -2.22. The number of nitrogens with one attached hydrogen (secondary N) is 1. The molecule has 0 saturated carbocycles. The van der Waals surface area contributed by atoms with E-state index in [0.717, 1.165) is 37.2 Å². The second kappa shape index (κ2) is 9.91. The van der Waals surface area contributed by atoms with Gasteiger partial charge in [-0.25, -0.2) is 4.68 Å². The predicted octanol–water partition coefficient (Wildman–Crippen LogP) is 1.64. The van der Waals surface area contributed by atoms with E-state index in [-0.39, 0.29) is 31.1 Å². The van der Waals surface area contributed by atoms with Crippen LogP contribution in [-0.2, 0) is 11.3 Å². The van der Waals surface area contributed by atoms with Crippen LogP contribution in [0.2, 0.25) is 0 Å². The van der Waals surface area contributed by atoms with Crippen molar-refractivity contribution >= 4 is 18.3 Å². The molecule has 2 aliphatic rings. The monoisotopic (exact) mass is 423 g/mol. The van der Waals surface area contributed by atoms with Crippen LogP contribution >= 0.6 is 12.4 Å². The second-order valence-electron chi connectivity index (χ2n) is 6.97. The fourth-order valence-electron chi connectivity index (χ4n) is 3.50. The minimum Gasteiger partial charge on any atom is -0.454 e. The van der Waals surface area contributed by atoms with Crippen molar-refractivity contribution in [3.8, 4) is 11.5 Å². The van der Waals surface area contributed by atoms with Crippen LogP contribution in [0, 0.1) is 0 Å². The summed E-state index contributed by atoms with van der Waals surface area (Å²) in [6.45, 7) is 3.47. The smallest absolute Gasteiger partial charge is 0.276 e. The number of piperidine rings is 1. The van der Waals surface area contributed by atoms with Crippen molar-refractivity contribution in [2.45, 2.75) is 25.4 Å². The second-order valence-corrected chi connectivity index (χ2v) is 6.97. The van der Waals surface area contributed by atoms with E-state index < -0.39 is 0 Å². The molecule has 0 bridgehead atoms. The zero-order valence-electron chi connectivity index (χ0n) is 16.4. The summed E-state index contributed by atoms with van der Waals surface area (Å²) in [5, 5.41) is 11.7. The van der Waals surface area contributed by atoms with Gasteiger partial charge in [0.05, 0.1) is 18.8 Å². The van der Waals surface area contributed by atoms with Crippen LogP contribution in [0.5, 0.6) is 11.5 Å². The predicted molar refractivity (Wildman–Crippen MR) is 108 cm³/mol. The Balaban J connectivity index is 0.00000240. The molecule has 29 heavy (non-hydrogen) atoms. The first kappa shape index (κ1) is 21.4. The van der Waals surface area contributed by atoms with Gasteiger partial charge >= 0.3 is 0 Å². The number of ether oxygens (including phenoxy) is 3. The third-order valence-corrected chi connectivity index (χ3v) is 5.08. The summed E-state index contributed by atoms with van der Waals surface area (Å²) in [4.78, 5) is 14.8. The first-order valence-electron chi connectivity index (χ1n) is 9.54. The number of carbonyl (C=O) groups excluding carboxylic acids is 1. The molecule has 0 spiro atoms. The number of rotatable bonds is 7. The number of carbonyl (C=O) groups is 1. The minimum atomic E-state index is -0.157. The molecule has 2 aromatic rings. The van der Waals surface area contributed by atoms with Crippen LogP contribution in [0.15, 0.2) is 24.4 Å². The Kier molecular flexibility index (Phi) is 7.29. The van der Waals surface area contributed by atoms with Gasteiger partial charge in [0.25, 0.3) is 5.91 Å². The highest BCUT2D eigenvalue weighted by molar-refractivity contribution is 5.91. The van der Waals surface area contributed by atoms with E-state index in [9.17, 15) is 4.79 Å². The zero-order chi connectivity index (χ0) is 19.3. The van der Waals surface area contributed by atoms with Crippen LogP contribution in [0.3, 0.4) is 0 Å². The average Bonchev–Trinajstić information content (AvgIpc) is 3.40.